The lowest BCUT2D eigenvalue weighted by atomic mass is 10.0. The monoisotopic (exact) mass is 247 g/mol. The average molecular weight is 247 g/mol. The first-order valence-electron chi connectivity index (χ1n) is 6.16. The number of benzene rings is 1. The standard InChI is InChI=1S/C14H17NO3/c1-3-10-6-4-5-9(2)13(10)15-8-11(14(17)18)7-12(15)16/h4-6,11H,3,7-8H2,1-2H3,(H,17,18)/t11-/m0/s1. The number of hydrogen-bond donors (Lipinski definition) is 1. The van der Waals surface area contributed by atoms with Crippen LogP contribution in [0.3, 0.4) is 0 Å². The largest absolute Gasteiger partial charge is 0.481 e. The van der Waals surface area contributed by atoms with Gasteiger partial charge in [0, 0.05) is 18.7 Å². The molecule has 96 valence electrons. The van der Waals surface area contributed by atoms with Crippen LogP contribution in [-0.2, 0) is 16.0 Å². The third kappa shape index (κ3) is 2.10. The number of carbonyl (C=O) groups is 2. The van der Waals surface area contributed by atoms with Crippen molar-refractivity contribution < 1.29 is 14.7 Å². The van der Waals surface area contributed by atoms with Crippen LogP contribution in [0.5, 0.6) is 0 Å². The fourth-order valence-corrected chi connectivity index (χ4v) is 2.48. The first-order valence-corrected chi connectivity index (χ1v) is 6.16. The lowest BCUT2D eigenvalue weighted by Gasteiger charge is -2.22. The van der Waals surface area contributed by atoms with Gasteiger partial charge in [0.2, 0.25) is 5.91 Å². The van der Waals surface area contributed by atoms with Crippen LogP contribution >= 0.6 is 0 Å². The second-order valence-corrected chi connectivity index (χ2v) is 4.68. The number of hydrogen-bond acceptors (Lipinski definition) is 2. The molecule has 1 aromatic rings. The third-order valence-corrected chi connectivity index (χ3v) is 3.45. The van der Waals surface area contributed by atoms with Gasteiger partial charge in [-0.3, -0.25) is 9.59 Å². The molecule has 2 rings (SSSR count). The third-order valence-electron chi connectivity index (χ3n) is 3.45. The van der Waals surface area contributed by atoms with Crippen LogP contribution in [0.1, 0.15) is 24.5 Å². The summed E-state index contributed by atoms with van der Waals surface area (Å²) in [5, 5.41) is 9.01. The summed E-state index contributed by atoms with van der Waals surface area (Å²) in [7, 11) is 0. The van der Waals surface area contributed by atoms with Gasteiger partial charge in [0.1, 0.15) is 0 Å². The lowest BCUT2D eigenvalue weighted by Crippen LogP contribution is -2.27. The minimum atomic E-state index is -0.891. The van der Waals surface area contributed by atoms with Crippen LogP contribution in [-0.4, -0.2) is 23.5 Å². The number of aryl methyl sites for hydroxylation is 2. The SMILES string of the molecule is CCc1cccc(C)c1N1C[C@@H](C(=O)O)CC1=O. The predicted molar refractivity (Wildman–Crippen MR) is 68.7 cm³/mol. The second kappa shape index (κ2) is 4.80. The predicted octanol–water partition coefficient (Wildman–Crippen LogP) is 1.99. The van der Waals surface area contributed by atoms with Crippen LogP contribution in [0.2, 0.25) is 0 Å². The van der Waals surface area contributed by atoms with E-state index in [-0.39, 0.29) is 18.9 Å². The van der Waals surface area contributed by atoms with Crippen molar-refractivity contribution in [3.05, 3.63) is 29.3 Å². The minimum absolute atomic E-state index is 0.0913. The quantitative estimate of drug-likeness (QED) is 0.888. The highest BCUT2D eigenvalue weighted by Crippen LogP contribution is 2.31. The van der Waals surface area contributed by atoms with Gasteiger partial charge in [0.25, 0.3) is 0 Å². The molecule has 1 atom stereocenters. The summed E-state index contributed by atoms with van der Waals surface area (Å²) in [5.74, 6) is -1.56. The molecular formula is C14H17NO3. The topological polar surface area (TPSA) is 57.6 Å². The van der Waals surface area contributed by atoms with Crippen molar-refractivity contribution in [2.24, 2.45) is 5.92 Å². The van der Waals surface area contributed by atoms with E-state index in [9.17, 15) is 9.59 Å². The number of amides is 1. The molecule has 1 amide bonds. The fraction of sp³-hybridized carbons (Fsp3) is 0.429. The van der Waals surface area contributed by atoms with Crippen LogP contribution < -0.4 is 4.90 Å². The molecule has 0 unspecified atom stereocenters. The molecule has 1 aliphatic heterocycles. The molecule has 1 aromatic carbocycles. The van der Waals surface area contributed by atoms with Gasteiger partial charge in [-0.25, -0.2) is 0 Å². The number of carboxylic acids is 1. The van der Waals surface area contributed by atoms with Crippen LogP contribution in [0, 0.1) is 12.8 Å². The van der Waals surface area contributed by atoms with E-state index in [1.54, 1.807) is 4.90 Å². The Morgan fingerprint density at radius 1 is 1.50 bits per heavy atom. The first kappa shape index (κ1) is 12.6. The summed E-state index contributed by atoms with van der Waals surface area (Å²) in [5.41, 5.74) is 3.01. The maximum Gasteiger partial charge on any atom is 0.308 e. The highest BCUT2D eigenvalue weighted by molar-refractivity contribution is 6.00. The van der Waals surface area contributed by atoms with Gasteiger partial charge in [-0.15, -0.1) is 0 Å². The molecule has 0 spiro atoms. The van der Waals surface area contributed by atoms with Crippen LogP contribution in [0.25, 0.3) is 0 Å². The van der Waals surface area contributed by atoms with Gasteiger partial charge in [-0.05, 0) is 24.5 Å². The molecule has 0 radical (unpaired) electrons. The molecule has 0 bridgehead atoms. The van der Waals surface area contributed by atoms with Gasteiger partial charge < -0.3 is 10.0 Å². The van der Waals surface area contributed by atoms with E-state index in [2.05, 4.69) is 0 Å². The highest BCUT2D eigenvalue weighted by atomic mass is 16.4. The number of carboxylic acid groups (broad SMARTS) is 1. The van der Waals surface area contributed by atoms with Crippen molar-refractivity contribution in [3.8, 4) is 0 Å². The van der Waals surface area contributed by atoms with E-state index in [1.165, 1.54) is 0 Å². The molecule has 0 aromatic heterocycles. The Bertz CT molecular complexity index is 496. The molecule has 0 aliphatic carbocycles. The number of rotatable bonds is 3. The van der Waals surface area contributed by atoms with Crippen molar-refractivity contribution in [3.63, 3.8) is 0 Å². The normalized spacial score (nSPS) is 19.3. The van der Waals surface area contributed by atoms with Crippen molar-refractivity contribution in [1.82, 2.24) is 0 Å². The van der Waals surface area contributed by atoms with E-state index in [0.717, 1.165) is 23.2 Å². The molecule has 1 aliphatic rings. The Morgan fingerprint density at radius 2 is 2.22 bits per heavy atom. The zero-order chi connectivity index (χ0) is 13.3. The molecular weight excluding hydrogens is 230 g/mol. The molecule has 1 fully saturated rings. The van der Waals surface area contributed by atoms with E-state index < -0.39 is 11.9 Å². The maximum atomic E-state index is 12.0. The summed E-state index contributed by atoms with van der Waals surface area (Å²) in [6.45, 7) is 4.27. The van der Waals surface area contributed by atoms with Crippen molar-refractivity contribution in [2.75, 3.05) is 11.4 Å². The van der Waals surface area contributed by atoms with Crippen molar-refractivity contribution in [1.29, 1.82) is 0 Å². The van der Waals surface area contributed by atoms with E-state index >= 15 is 0 Å². The minimum Gasteiger partial charge on any atom is -0.481 e. The zero-order valence-corrected chi connectivity index (χ0v) is 10.6. The Kier molecular flexibility index (Phi) is 3.36. The highest BCUT2D eigenvalue weighted by Gasteiger charge is 2.36. The van der Waals surface area contributed by atoms with Gasteiger partial charge in [-0.1, -0.05) is 25.1 Å². The number of carbonyl (C=O) groups excluding carboxylic acids is 1. The molecule has 4 heteroatoms. The summed E-state index contributed by atoms with van der Waals surface area (Å²) < 4.78 is 0. The van der Waals surface area contributed by atoms with Crippen molar-refractivity contribution in [2.45, 2.75) is 26.7 Å². The summed E-state index contributed by atoms with van der Waals surface area (Å²) in [4.78, 5) is 24.6. The number of anilines is 1. The maximum absolute atomic E-state index is 12.0. The number of aliphatic carboxylic acids is 1. The smallest absolute Gasteiger partial charge is 0.308 e. The first-order chi connectivity index (χ1) is 8.54. The number of para-hydroxylation sites is 1. The molecule has 1 saturated heterocycles. The summed E-state index contributed by atoms with van der Waals surface area (Å²) >= 11 is 0. The lowest BCUT2D eigenvalue weighted by molar-refractivity contribution is -0.141. The Labute approximate surface area is 106 Å². The Balaban J connectivity index is 2.38. The summed E-state index contributed by atoms with van der Waals surface area (Å²) in [6, 6.07) is 5.91. The van der Waals surface area contributed by atoms with E-state index in [0.29, 0.717) is 0 Å². The van der Waals surface area contributed by atoms with Gasteiger partial charge in [0.15, 0.2) is 0 Å². The van der Waals surface area contributed by atoms with E-state index in [1.807, 2.05) is 32.0 Å². The second-order valence-electron chi connectivity index (χ2n) is 4.68. The molecule has 4 nitrogen and oxygen atoms in total. The molecule has 1 N–H and O–H groups in total. The Morgan fingerprint density at radius 3 is 2.78 bits per heavy atom. The van der Waals surface area contributed by atoms with Crippen LogP contribution in [0.4, 0.5) is 5.69 Å². The van der Waals surface area contributed by atoms with Gasteiger partial charge >= 0.3 is 5.97 Å². The number of nitrogens with zero attached hydrogens (tertiary/aromatic N) is 1. The van der Waals surface area contributed by atoms with Gasteiger partial charge in [-0.2, -0.15) is 0 Å². The summed E-state index contributed by atoms with van der Waals surface area (Å²) in [6.07, 6.45) is 0.936. The van der Waals surface area contributed by atoms with Gasteiger partial charge in [0.05, 0.1) is 5.92 Å². The zero-order valence-electron chi connectivity index (χ0n) is 10.6. The fourth-order valence-electron chi connectivity index (χ4n) is 2.48. The van der Waals surface area contributed by atoms with Crippen molar-refractivity contribution >= 4 is 17.6 Å². The molecule has 1 heterocycles. The average Bonchev–Trinajstić information content (AvgIpc) is 2.71. The molecule has 18 heavy (non-hydrogen) atoms. The Hall–Kier alpha value is -1.84. The van der Waals surface area contributed by atoms with E-state index in [4.69, 9.17) is 5.11 Å². The molecule has 0 saturated carbocycles. The van der Waals surface area contributed by atoms with Crippen LogP contribution in [0.15, 0.2) is 18.2 Å².